The molecule has 2 aliphatic rings. The summed E-state index contributed by atoms with van der Waals surface area (Å²) in [6.07, 6.45) is 0.931. The third-order valence-electron chi connectivity index (χ3n) is 5.40. The number of halogens is 1. The van der Waals surface area contributed by atoms with Gasteiger partial charge < -0.3 is 10.0 Å². The van der Waals surface area contributed by atoms with Crippen molar-refractivity contribution < 1.29 is 19.1 Å². The maximum atomic E-state index is 13.8. The standard InChI is InChI=1S/C19H18FNO3/c20-16-7-5-11(12-3-1-2-4-13(12)16)6-8-17(22)21-9-14-15(10-21)18(14)19(23)24/h1-5,7,14-15,18H,6,8-10H2,(H,23,24)/t14-,15+,18?. The Hall–Kier alpha value is -2.43. The molecule has 2 fully saturated rings. The summed E-state index contributed by atoms with van der Waals surface area (Å²) in [6.45, 7) is 1.12. The molecule has 1 saturated heterocycles. The van der Waals surface area contributed by atoms with Crippen molar-refractivity contribution in [2.24, 2.45) is 17.8 Å². The smallest absolute Gasteiger partial charge is 0.307 e. The van der Waals surface area contributed by atoms with E-state index in [4.69, 9.17) is 5.11 Å². The molecule has 0 spiro atoms. The highest BCUT2D eigenvalue weighted by atomic mass is 19.1. The third-order valence-corrected chi connectivity index (χ3v) is 5.40. The van der Waals surface area contributed by atoms with E-state index in [1.54, 1.807) is 23.1 Å². The van der Waals surface area contributed by atoms with Crippen molar-refractivity contribution in [3.8, 4) is 0 Å². The molecule has 0 radical (unpaired) electrons. The molecule has 0 aromatic heterocycles. The number of fused-ring (bicyclic) bond motifs is 2. The molecule has 4 nitrogen and oxygen atoms in total. The van der Waals surface area contributed by atoms with E-state index in [9.17, 15) is 14.0 Å². The molecule has 0 bridgehead atoms. The molecular weight excluding hydrogens is 309 g/mol. The minimum absolute atomic E-state index is 0.0553. The molecule has 1 unspecified atom stereocenters. The summed E-state index contributed by atoms with van der Waals surface area (Å²) in [5.41, 5.74) is 0.966. The Balaban J connectivity index is 1.41. The number of rotatable bonds is 4. The van der Waals surface area contributed by atoms with Gasteiger partial charge in [0, 0.05) is 24.9 Å². The van der Waals surface area contributed by atoms with Crippen LogP contribution in [0, 0.1) is 23.6 Å². The fourth-order valence-electron chi connectivity index (χ4n) is 4.04. The van der Waals surface area contributed by atoms with Crippen LogP contribution < -0.4 is 0 Å². The van der Waals surface area contributed by atoms with Crippen molar-refractivity contribution in [1.82, 2.24) is 4.90 Å². The van der Waals surface area contributed by atoms with Gasteiger partial charge in [0.15, 0.2) is 0 Å². The van der Waals surface area contributed by atoms with E-state index < -0.39 is 5.97 Å². The van der Waals surface area contributed by atoms with E-state index in [-0.39, 0.29) is 29.5 Å². The van der Waals surface area contributed by atoms with Crippen LogP contribution in [-0.2, 0) is 16.0 Å². The minimum Gasteiger partial charge on any atom is -0.481 e. The van der Waals surface area contributed by atoms with Crippen molar-refractivity contribution in [2.75, 3.05) is 13.1 Å². The van der Waals surface area contributed by atoms with Gasteiger partial charge in [-0.25, -0.2) is 4.39 Å². The first kappa shape index (κ1) is 15.1. The van der Waals surface area contributed by atoms with Crippen molar-refractivity contribution in [1.29, 1.82) is 0 Å². The van der Waals surface area contributed by atoms with E-state index in [0.29, 0.717) is 31.3 Å². The summed E-state index contributed by atoms with van der Waals surface area (Å²) in [5.74, 6) is -0.916. The van der Waals surface area contributed by atoms with Crippen LogP contribution in [0.25, 0.3) is 10.8 Å². The Morgan fingerprint density at radius 1 is 1.08 bits per heavy atom. The largest absolute Gasteiger partial charge is 0.481 e. The lowest BCUT2D eigenvalue weighted by molar-refractivity contribution is -0.141. The molecule has 1 saturated carbocycles. The molecule has 1 aliphatic heterocycles. The van der Waals surface area contributed by atoms with Gasteiger partial charge in [0.25, 0.3) is 0 Å². The molecular formula is C19H18FNO3. The maximum absolute atomic E-state index is 13.8. The van der Waals surface area contributed by atoms with Gasteiger partial charge >= 0.3 is 5.97 Å². The van der Waals surface area contributed by atoms with Gasteiger partial charge in [0.05, 0.1) is 5.92 Å². The van der Waals surface area contributed by atoms with Crippen LogP contribution in [0.4, 0.5) is 4.39 Å². The van der Waals surface area contributed by atoms with Crippen molar-refractivity contribution >= 4 is 22.6 Å². The highest BCUT2D eigenvalue weighted by Crippen LogP contribution is 2.51. The fraction of sp³-hybridized carbons (Fsp3) is 0.368. The summed E-state index contributed by atoms with van der Waals surface area (Å²) < 4.78 is 13.8. The van der Waals surface area contributed by atoms with Gasteiger partial charge in [-0.05, 0) is 35.3 Å². The first-order valence-corrected chi connectivity index (χ1v) is 8.23. The fourth-order valence-corrected chi connectivity index (χ4v) is 4.04. The summed E-state index contributed by atoms with van der Waals surface area (Å²) in [7, 11) is 0. The summed E-state index contributed by atoms with van der Waals surface area (Å²) in [4.78, 5) is 25.1. The van der Waals surface area contributed by atoms with Gasteiger partial charge in [-0.15, -0.1) is 0 Å². The highest BCUT2D eigenvalue weighted by Gasteiger charge is 2.60. The first-order valence-electron chi connectivity index (χ1n) is 8.23. The number of aryl methyl sites for hydroxylation is 1. The zero-order valence-electron chi connectivity index (χ0n) is 13.1. The van der Waals surface area contributed by atoms with Gasteiger partial charge in [-0.2, -0.15) is 0 Å². The Kier molecular flexibility index (Phi) is 3.52. The second kappa shape index (κ2) is 5.58. The number of carbonyl (C=O) groups is 2. The van der Waals surface area contributed by atoms with Crippen LogP contribution in [0.15, 0.2) is 36.4 Å². The average Bonchev–Trinajstić information content (AvgIpc) is 3.10. The number of carboxylic acids is 1. The number of hydrogen-bond acceptors (Lipinski definition) is 2. The quantitative estimate of drug-likeness (QED) is 0.939. The molecule has 1 N–H and O–H groups in total. The molecule has 3 atom stereocenters. The number of nitrogens with zero attached hydrogens (tertiary/aromatic N) is 1. The summed E-state index contributed by atoms with van der Waals surface area (Å²) in [5, 5.41) is 10.5. The first-order chi connectivity index (χ1) is 11.6. The predicted octanol–water partition coefficient (Wildman–Crippen LogP) is 2.70. The van der Waals surface area contributed by atoms with Gasteiger partial charge in [-0.1, -0.05) is 30.3 Å². The number of likely N-dealkylation sites (tertiary alicyclic amines) is 1. The lowest BCUT2D eigenvalue weighted by atomic mass is 10.00. The molecule has 1 aliphatic carbocycles. The molecule has 1 heterocycles. The molecule has 2 aromatic rings. The van der Waals surface area contributed by atoms with Crippen LogP contribution in [-0.4, -0.2) is 35.0 Å². The number of aliphatic carboxylic acids is 1. The van der Waals surface area contributed by atoms with Crippen molar-refractivity contribution in [3.05, 3.63) is 47.8 Å². The third kappa shape index (κ3) is 2.44. The Morgan fingerprint density at radius 3 is 2.42 bits per heavy atom. The number of hydrogen-bond donors (Lipinski definition) is 1. The zero-order chi connectivity index (χ0) is 16.8. The Labute approximate surface area is 138 Å². The van der Waals surface area contributed by atoms with Gasteiger partial charge in [0.1, 0.15) is 5.82 Å². The van der Waals surface area contributed by atoms with Crippen LogP contribution in [0.3, 0.4) is 0 Å². The van der Waals surface area contributed by atoms with Crippen LogP contribution in [0.5, 0.6) is 0 Å². The normalized spacial score (nSPS) is 24.9. The second-order valence-corrected chi connectivity index (χ2v) is 6.74. The summed E-state index contributed by atoms with van der Waals surface area (Å²) in [6, 6.07) is 10.5. The average molecular weight is 327 g/mol. The number of amides is 1. The lowest BCUT2D eigenvalue weighted by Gasteiger charge is -2.19. The number of benzene rings is 2. The molecule has 124 valence electrons. The van der Waals surface area contributed by atoms with E-state index in [2.05, 4.69) is 0 Å². The topological polar surface area (TPSA) is 57.6 Å². The van der Waals surface area contributed by atoms with Crippen LogP contribution >= 0.6 is 0 Å². The molecule has 5 heteroatoms. The number of piperidine rings is 1. The van der Waals surface area contributed by atoms with Crippen molar-refractivity contribution in [2.45, 2.75) is 12.8 Å². The molecule has 24 heavy (non-hydrogen) atoms. The SMILES string of the molecule is O=C(O)C1[C@H]2CN(C(=O)CCc3ccc(F)c4ccccc34)C[C@@H]12. The van der Waals surface area contributed by atoms with E-state index in [0.717, 1.165) is 10.9 Å². The van der Waals surface area contributed by atoms with Crippen LogP contribution in [0.2, 0.25) is 0 Å². The Bertz CT molecular complexity index is 822. The predicted molar refractivity (Wildman–Crippen MR) is 86.9 cm³/mol. The van der Waals surface area contributed by atoms with E-state index in [1.165, 1.54) is 6.07 Å². The molecule has 2 aromatic carbocycles. The van der Waals surface area contributed by atoms with Gasteiger partial charge in [-0.3, -0.25) is 9.59 Å². The van der Waals surface area contributed by atoms with Crippen molar-refractivity contribution in [3.63, 3.8) is 0 Å². The summed E-state index contributed by atoms with van der Waals surface area (Å²) >= 11 is 0. The molecule has 4 rings (SSSR count). The molecule has 1 amide bonds. The maximum Gasteiger partial charge on any atom is 0.307 e. The monoisotopic (exact) mass is 327 g/mol. The lowest BCUT2D eigenvalue weighted by Crippen LogP contribution is -2.32. The second-order valence-electron chi connectivity index (χ2n) is 6.74. The minimum atomic E-state index is -0.741. The van der Waals surface area contributed by atoms with E-state index >= 15 is 0 Å². The number of carboxylic acid groups (broad SMARTS) is 1. The number of carbonyl (C=O) groups excluding carboxylic acids is 1. The van der Waals surface area contributed by atoms with E-state index in [1.807, 2.05) is 12.1 Å². The highest BCUT2D eigenvalue weighted by molar-refractivity contribution is 5.87. The Morgan fingerprint density at radius 2 is 1.75 bits per heavy atom. The van der Waals surface area contributed by atoms with Crippen LogP contribution in [0.1, 0.15) is 12.0 Å². The zero-order valence-corrected chi connectivity index (χ0v) is 13.1. The van der Waals surface area contributed by atoms with Gasteiger partial charge in [0.2, 0.25) is 5.91 Å².